The molecule has 0 saturated heterocycles. The van der Waals surface area contributed by atoms with Gasteiger partial charge in [0, 0.05) is 16.1 Å². The van der Waals surface area contributed by atoms with Crippen LogP contribution in [0.2, 0.25) is 15.1 Å². The highest BCUT2D eigenvalue weighted by molar-refractivity contribution is 6.42. The van der Waals surface area contributed by atoms with Gasteiger partial charge in [-0.15, -0.1) is 0 Å². The van der Waals surface area contributed by atoms with Crippen molar-refractivity contribution in [3.05, 3.63) is 92.9 Å². The predicted octanol–water partition coefficient (Wildman–Crippen LogP) is 2.41. The Labute approximate surface area is 199 Å². The summed E-state index contributed by atoms with van der Waals surface area (Å²) < 4.78 is 3.76. The number of fused-ring (bicyclic) bond motifs is 1. The number of hydrogen-bond acceptors (Lipinski definition) is 2. The molecule has 4 nitrogen and oxygen atoms in total. The van der Waals surface area contributed by atoms with Crippen molar-refractivity contribution in [3.63, 3.8) is 0 Å². The molecule has 30 heavy (non-hydrogen) atoms. The van der Waals surface area contributed by atoms with Gasteiger partial charge in [-0.2, -0.15) is 0 Å². The molecule has 0 spiro atoms. The summed E-state index contributed by atoms with van der Waals surface area (Å²) in [6.07, 6.45) is 0. The molecule has 0 unspecified atom stereocenters. The number of ketones is 1. The molecule has 8 heteroatoms. The summed E-state index contributed by atoms with van der Waals surface area (Å²) in [5.41, 5.74) is 9.70. The van der Waals surface area contributed by atoms with Crippen LogP contribution in [0.25, 0.3) is 11.0 Å². The number of benzene rings is 3. The molecule has 2 N–H and O–H groups in total. The molecule has 0 atom stereocenters. The molecular weight excluding hydrogens is 509 g/mol. The van der Waals surface area contributed by atoms with Gasteiger partial charge in [0.2, 0.25) is 0 Å². The van der Waals surface area contributed by atoms with Crippen molar-refractivity contribution in [2.75, 3.05) is 5.73 Å². The van der Waals surface area contributed by atoms with Gasteiger partial charge >= 0.3 is 5.95 Å². The third-order valence-electron chi connectivity index (χ3n) is 4.85. The van der Waals surface area contributed by atoms with Gasteiger partial charge in [-0.3, -0.25) is 10.5 Å². The van der Waals surface area contributed by atoms with E-state index in [1.807, 2.05) is 53.1 Å². The number of nitrogen functional groups attached to an aromatic ring is 1. The van der Waals surface area contributed by atoms with Crippen LogP contribution >= 0.6 is 34.8 Å². The van der Waals surface area contributed by atoms with Crippen molar-refractivity contribution in [2.24, 2.45) is 0 Å². The lowest BCUT2D eigenvalue weighted by Gasteiger charge is -2.05. The Bertz CT molecular complexity index is 1240. The van der Waals surface area contributed by atoms with Gasteiger partial charge in [0.25, 0.3) is 0 Å². The van der Waals surface area contributed by atoms with Gasteiger partial charge in [0.1, 0.15) is 17.6 Å². The summed E-state index contributed by atoms with van der Waals surface area (Å²) in [7, 11) is 0. The van der Waals surface area contributed by atoms with Crippen LogP contribution in [0.5, 0.6) is 0 Å². The van der Waals surface area contributed by atoms with Gasteiger partial charge in [-0.1, -0.05) is 65.1 Å². The van der Waals surface area contributed by atoms with E-state index in [0.29, 0.717) is 33.1 Å². The van der Waals surface area contributed by atoms with E-state index in [1.165, 1.54) is 0 Å². The number of carbonyl (C=O) groups is 1. The first kappa shape index (κ1) is 22.6. The molecule has 0 radical (unpaired) electrons. The van der Waals surface area contributed by atoms with Gasteiger partial charge < -0.3 is 17.0 Å². The molecule has 4 aromatic rings. The standard InChI is InChI=1S/C22H16Cl3N3O.BrH/c23-16-6-2-1-5-15(16)12-27-19-7-3-4-8-20(19)28(22(27)26)13-21(29)14-9-10-17(24)18(25)11-14;/h1-11,26H,12-13H2;1H. The fourth-order valence-corrected chi connectivity index (χ4v) is 3.84. The smallest absolute Gasteiger partial charge is 0.356 e. The zero-order valence-corrected chi connectivity index (χ0v) is 19.5. The highest BCUT2D eigenvalue weighted by Crippen LogP contribution is 2.24. The van der Waals surface area contributed by atoms with E-state index in [4.69, 9.17) is 40.5 Å². The van der Waals surface area contributed by atoms with Crippen molar-refractivity contribution in [1.29, 1.82) is 0 Å². The first-order valence-corrected chi connectivity index (χ1v) is 10.1. The Hall–Kier alpha value is -2.05. The zero-order valence-electron chi connectivity index (χ0n) is 15.7. The largest absolute Gasteiger partial charge is 1.00 e. The quantitative estimate of drug-likeness (QED) is 0.322. The number of hydrogen-bond donors (Lipinski definition) is 1. The molecule has 1 aromatic heterocycles. The van der Waals surface area contributed by atoms with Crippen molar-refractivity contribution >= 4 is 57.6 Å². The molecule has 0 fully saturated rings. The van der Waals surface area contributed by atoms with Crippen molar-refractivity contribution in [1.82, 2.24) is 4.57 Å². The van der Waals surface area contributed by atoms with Crippen LogP contribution in [0.15, 0.2) is 66.7 Å². The summed E-state index contributed by atoms with van der Waals surface area (Å²) in [6.45, 7) is 0.583. The average molecular weight is 526 g/mol. The number of nitrogens with two attached hydrogens (primary N) is 1. The van der Waals surface area contributed by atoms with E-state index in [-0.39, 0.29) is 29.3 Å². The first-order valence-electron chi connectivity index (χ1n) is 8.94. The van der Waals surface area contributed by atoms with Crippen molar-refractivity contribution in [2.45, 2.75) is 13.1 Å². The second-order valence-electron chi connectivity index (χ2n) is 6.66. The van der Waals surface area contributed by atoms with Crippen LogP contribution in [0.1, 0.15) is 15.9 Å². The second kappa shape index (κ2) is 9.40. The SMILES string of the molecule is Nc1n(CC(=O)c2ccc(Cl)c(Cl)c2)c2ccccc2[n+]1Cc1ccccc1Cl.[Br-]. The lowest BCUT2D eigenvalue weighted by molar-refractivity contribution is -0.648. The van der Waals surface area contributed by atoms with Gasteiger partial charge in [0.05, 0.1) is 16.6 Å². The maximum atomic E-state index is 12.9. The highest BCUT2D eigenvalue weighted by atomic mass is 79.9. The summed E-state index contributed by atoms with van der Waals surface area (Å²) in [5.74, 6) is 0.362. The van der Waals surface area contributed by atoms with E-state index in [0.717, 1.165) is 16.6 Å². The Kier molecular flexibility index (Phi) is 7.09. The van der Waals surface area contributed by atoms with Crippen LogP contribution in [0.3, 0.4) is 0 Å². The molecule has 0 aliphatic carbocycles. The zero-order chi connectivity index (χ0) is 20.5. The van der Waals surface area contributed by atoms with Gasteiger partial charge in [-0.25, -0.2) is 9.13 Å². The highest BCUT2D eigenvalue weighted by Gasteiger charge is 2.24. The average Bonchev–Trinajstić information content (AvgIpc) is 2.97. The number of nitrogens with zero attached hydrogens (tertiary/aromatic N) is 2. The number of anilines is 1. The number of aromatic nitrogens is 2. The minimum Gasteiger partial charge on any atom is -1.00 e. The minimum atomic E-state index is -0.110. The maximum Gasteiger partial charge on any atom is 0.356 e. The maximum absolute atomic E-state index is 12.9. The summed E-state index contributed by atoms with van der Waals surface area (Å²) in [6, 6.07) is 20.3. The number of halogens is 4. The molecule has 4 rings (SSSR count). The molecule has 0 amide bonds. The Morgan fingerprint density at radius 1 is 0.900 bits per heavy atom. The van der Waals surface area contributed by atoms with Crippen LogP contribution in [-0.2, 0) is 13.1 Å². The summed E-state index contributed by atoms with van der Waals surface area (Å²) >= 11 is 18.4. The monoisotopic (exact) mass is 523 g/mol. The number of para-hydroxylation sites is 2. The van der Waals surface area contributed by atoms with E-state index in [9.17, 15) is 4.79 Å². The molecule has 0 aliphatic heterocycles. The molecule has 0 aliphatic rings. The molecule has 3 aromatic carbocycles. The lowest BCUT2D eigenvalue weighted by atomic mass is 10.1. The summed E-state index contributed by atoms with van der Waals surface area (Å²) in [5, 5.41) is 1.42. The fourth-order valence-electron chi connectivity index (χ4n) is 3.35. The van der Waals surface area contributed by atoms with E-state index < -0.39 is 0 Å². The van der Waals surface area contributed by atoms with E-state index in [1.54, 1.807) is 22.8 Å². The molecule has 0 bridgehead atoms. The predicted molar refractivity (Wildman–Crippen MR) is 118 cm³/mol. The Morgan fingerprint density at radius 3 is 2.33 bits per heavy atom. The second-order valence-corrected chi connectivity index (χ2v) is 7.88. The third kappa shape index (κ3) is 4.35. The number of rotatable bonds is 5. The fraction of sp³-hybridized carbons (Fsp3) is 0.0909. The number of Topliss-reactive ketones (excluding diaryl/α,β-unsaturated/α-hetero) is 1. The van der Waals surface area contributed by atoms with Crippen LogP contribution < -0.4 is 27.3 Å². The topological polar surface area (TPSA) is 51.9 Å². The van der Waals surface area contributed by atoms with Crippen LogP contribution in [0, 0.1) is 0 Å². The molecule has 154 valence electrons. The van der Waals surface area contributed by atoms with Gasteiger partial charge in [-0.05, 0) is 36.4 Å². The first-order chi connectivity index (χ1) is 14.0. The number of carbonyl (C=O) groups excluding carboxylic acids is 1. The normalized spacial score (nSPS) is 10.8. The van der Waals surface area contributed by atoms with Crippen molar-refractivity contribution in [3.8, 4) is 0 Å². The molecular formula is C22H17BrCl3N3O. The van der Waals surface area contributed by atoms with E-state index in [2.05, 4.69) is 0 Å². The number of imidazole rings is 1. The van der Waals surface area contributed by atoms with Crippen molar-refractivity contribution < 1.29 is 26.3 Å². The van der Waals surface area contributed by atoms with Gasteiger partial charge in [0.15, 0.2) is 5.78 Å². The Morgan fingerprint density at radius 2 is 1.60 bits per heavy atom. The van der Waals surface area contributed by atoms with E-state index >= 15 is 0 Å². The minimum absolute atomic E-state index is 0. The molecule has 0 saturated carbocycles. The molecule has 1 heterocycles. The lowest BCUT2D eigenvalue weighted by Crippen LogP contribution is -3.00. The Balaban J connectivity index is 0.00000256. The third-order valence-corrected chi connectivity index (χ3v) is 5.95. The van der Waals surface area contributed by atoms with Crippen LogP contribution in [-0.4, -0.2) is 10.4 Å². The summed E-state index contributed by atoms with van der Waals surface area (Å²) in [4.78, 5) is 12.9. The van der Waals surface area contributed by atoms with Crippen LogP contribution in [0.4, 0.5) is 5.95 Å².